The number of rotatable bonds is 6. The summed E-state index contributed by atoms with van der Waals surface area (Å²) >= 11 is 5.98. The Balaban J connectivity index is 0. The van der Waals surface area contributed by atoms with Crippen LogP contribution in [0.1, 0.15) is 12.6 Å². The number of aliphatic hydroxyl groups excluding tert-OH is 1. The molecule has 3 rings (SSSR count). The number of alkyl halides is 3. The van der Waals surface area contributed by atoms with Gasteiger partial charge in [0.15, 0.2) is 5.82 Å². The van der Waals surface area contributed by atoms with E-state index in [0.717, 1.165) is 0 Å². The number of carbonyl (C=O) groups excluding carboxylic acids is 1. The van der Waals surface area contributed by atoms with Crippen LogP contribution in [-0.2, 0) is 4.79 Å². The summed E-state index contributed by atoms with van der Waals surface area (Å²) in [5, 5.41) is 15.3. The SMILES string of the molecule is C[C@H](O)[C@@H](Nc1ccnc(-c2c[nH]c3ncc(Cl)cc23)n1)C(=O)NCC(F)(F)F.[HH].[HH].[HH].[HH]. The number of nitrogens with zero attached hydrogens (tertiary/aromatic N) is 3. The molecule has 3 heterocycles. The maximum atomic E-state index is 12.3. The number of aliphatic hydroxyl groups is 1. The average Bonchev–Trinajstić information content (AvgIpc) is 3.06. The number of amides is 1. The summed E-state index contributed by atoms with van der Waals surface area (Å²) < 4.78 is 37.0. The number of fused-ring (bicyclic) bond motifs is 1. The third-order valence-corrected chi connectivity index (χ3v) is 4.13. The van der Waals surface area contributed by atoms with Gasteiger partial charge in [0.05, 0.1) is 11.1 Å². The van der Waals surface area contributed by atoms with Gasteiger partial charge >= 0.3 is 6.18 Å². The number of hydrogen-bond acceptors (Lipinski definition) is 6. The van der Waals surface area contributed by atoms with Crippen LogP contribution in [0.3, 0.4) is 0 Å². The van der Waals surface area contributed by atoms with E-state index in [4.69, 9.17) is 11.6 Å². The van der Waals surface area contributed by atoms with Crippen LogP contribution in [0.4, 0.5) is 19.0 Å². The molecule has 12 heteroatoms. The van der Waals surface area contributed by atoms with E-state index in [1.807, 2.05) is 0 Å². The van der Waals surface area contributed by atoms with Crippen LogP contribution in [0, 0.1) is 0 Å². The first kappa shape index (κ1) is 20.8. The molecule has 0 fully saturated rings. The molecule has 2 atom stereocenters. The van der Waals surface area contributed by atoms with Crippen molar-refractivity contribution in [3.8, 4) is 11.4 Å². The zero-order valence-electron chi connectivity index (χ0n) is 15.0. The molecule has 0 aromatic carbocycles. The molecule has 0 saturated heterocycles. The lowest BCUT2D eigenvalue weighted by molar-refractivity contribution is -0.140. The molecule has 3 aromatic heterocycles. The highest BCUT2D eigenvalue weighted by molar-refractivity contribution is 6.31. The monoisotopic (exact) mass is 436 g/mol. The number of carbonyl (C=O) groups is 1. The second-order valence-electron chi connectivity index (χ2n) is 6.21. The van der Waals surface area contributed by atoms with Crippen LogP contribution >= 0.6 is 11.6 Å². The maximum Gasteiger partial charge on any atom is 0.405 e. The van der Waals surface area contributed by atoms with Crippen molar-refractivity contribution in [2.45, 2.75) is 25.2 Å². The first-order valence-corrected chi connectivity index (χ1v) is 8.77. The maximum absolute atomic E-state index is 12.3. The molecule has 1 amide bonds. The lowest BCUT2D eigenvalue weighted by Gasteiger charge is -2.21. The third-order valence-electron chi connectivity index (χ3n) is 3.93. The predicted molar refractivity (Wildman–Crippen MR) is 109 cm³/mol. The minimum absolute atomic E-state index is 0. The van der Waals surface area contributed by atoms with Gasteiger partial charge in [-0.3, -0.25) is 4.79 Å². The van der Waals surface area contributed by atoms with E-state index in [2.05, 4.69) is 25.3 Å². The van der Waals surface area contributed by atoms with Gasteiger partial charge in [-0.25, -0.2) is 15.0 Å². The minimum atomic E-state index is -4.56. The summed E-state index contributed by atoms with van der Waals surface area (Å²) in [4.78, 5) is 27.6. The highest BCUT2D eigenvalue weighted by Gasteiger charge is 2.31. The molecule has 3 aromatic rings. The molecular weight excluding hydrogens is 413 g/mol. The molecule has 0 radical (unpaired) electrons. The fourth-order valence-corrected chi connectivity index (χ4v) is 2.75. The smallest absolute Gasteiger partial charge is 0.391 e. The average molecular weight is 437 g/mol. The van der Waals surface area contributed by atoms with Crippen LogP contribution in [0.5, 0.6) is 0 Å². The molecule has 8 nitrogen and oxygen atoms in total. The van der Waals surface area contributed by atoms with Crippen LogP contribution < -0.4 is 10.6 Å². The highest BCUT2D eigenvalue weighted by Crippen LogP contribution is 2.27. The first-order chi connectivity index (χ1) is 13.6. The zero-order valence-corrected chi connectivity index (χ0v) is 15.7. The normalized spacial score (nSPS) is 13.9. The number of aromatic nitrogens is 4. The molecule has 0 aliphatic heterocycles. The van der Waals surface area contributed by atoms with Crippen LogP contribution in [0.15, 0.2) is 30.7 Å². The van der Waals surface area contributed by atoms with Crippen molar-refractivity contribution in [1.82, 2.24) is 25.3 Å². The topological polar surface area (TPSA) is 116 Å². The summed E-state index contributed by atoms with van der Waals surface area (Å²) in [6.45, 7) is -0.227. The van der Waals surface area contributed by atoms with Crippen molar-refractivity contribution in [3.05, 3.63) is 35.7 Å². The van der Waals surface area contributed by atoms with E-state index in [9.17, 15) is 23.1 Å². The molecule has 0 spiro atoms. The van der Waals surface area contributed by atoms with E-state index in [0.29, 0.717) is 21.6 Å². The van der Waals surface area contributed by atoms with Gasteiger partial charge in [-0.2, -0.15) is 13.2 Å². The van der Waals surface area contributed by atoms with Gasteiger partial charge in [-0.1, -0.05) is 11.6 Å². The number of aromatic amines is 1. The van der Waals surface area contributed by atoms with E-state index < -0.39 is 30.8 Å². The molecule has 0 saturated carbocycles. The zero-order chi connectivity index (χ0) is 21.2. The van der Waals surface area contributed by atoms with Gasteiger partial charge in [0.2, 0.25) is 5.91 Å². The Morgan fingerprint density at radius 1 is 1.41 bits per heavy atom. The van der Waals surface area contributed by atoms with Crippen molar-refractivity contribution >= 4 is 34.4 Å². The molecule has 0 unspecified atom stereocenters. The first-order valence-electron chi connectivity index (χ1n) is 8.39. The summed E-state index contributed by atoms with van der Waals surface area (Å²) in [6.07, 6.45) is -1.32. The van der Waals surface area contributed by atoms with Crippen molar-refractivity contribution in [3.63, 3.8) is 0 Å². The van der Waals surface area contributed by atoms with Gasteiger partial charge in [0.1, 0.15) is 24.1 Å². The number of H-pyrrole nitrogens is 1. The lowest BCUT2D eigenvalue weighted by Crippen LogP contribution is -2.48. The summed E-state index contributed by atoms with van der Waals surface area (Å²) in [5.74, 6) is -0.599. The van der Waals surface area contributed by atoms with Crippen molar-refractivity contribution in [2.24, 2.45) is 0 Å². The molecule has 0 aliphatic rings. The lowest BCUT2D eigenvalue weighted by atomic mass is 10.1. The Kier molecular flexibility index (Phi) is 5.89. The highest BCUT2D eigenvalue weighted by atomic mass is 35.5. The van der Waals surface area contributed by atoms with Gasteiger partial charge in [-0.15, -0.1) is 0 Å². The second-order valence-corrected chi connectivity index (χ2v) is 6.65. The van der Waals surface area contributed by atoms with Crippen molar-refractivity contribution < 1.29 is 28.8 Å². The van der Waals surface area contributed by atoms with Crippen LogP contribution in [0.25, 0.3) is 22.4 Å². The molecular formula is C17H24ClF3N6O2. The molecule has 0 bridgehead atoms. The molecule has 29 heavy (non-hydrogen) atoms. The van der Waals surface area contributed by atoms with Gasteiger partial charge in [0.25, 0.3) is 0 Å². The van der Waals surface area contributed by atoms with Crippen molar-refractivity contribution in [1.29, 1.82) is 0 Å². The Labute approximate surface area is 173 Å². The third kappa shape index (κ3) is 5.12. The van der Waals surface area contributed by atoms with Gasteiger partial charge < -0.3 is 20.7 Å². The van der Waals surface area contributed by atoms with Crippen molar-refractivity contribution in [2.75, 3.05) is 11.9 Å². The quantitative estimate of drug-likeness (QED) is 0.470. The minimum Gasteiger partial charge on any atom is -0.391 e. The van der Waals surface area contributed by atoms with Gasteiger partial charge in [-0.05, 0) is 19.1 Å². The standard InChI is InChI=1S/C17H16ClF3N6O2.4H2/c1-8(28)13(16(29)25-7-17(19,20)21)26-12-2-3-22-15(27-12)11-6-24-14-10(11)4-9(18)5-23-14;;;;/h2-6,8,13,28H,7H2,1H3,(H,23,24)(H,25,29)(H,22,26,27);4*1H/t8-,13+;;;;/m0..../s1. The Morgan fingerprint density at radius 2 is 2.17 bits per heavy atom. The largest absolute Gasteiger partial charge is 0.405 e. The Bertz CT molecular complexity index is 1040. The number of nitrogens with one attached hydrogen (secondary N) is 3. The number of hydrogen-bond donors (Lipinski definition) is 4. The van der Waals surface area contributed by atoms with E-state index in [1.54, 1.807) is 17.6 Å². The Morgan fingerprint density at radius 3 is 2.86 bits per heavy atom. The summed E-state index contributed by atoms with van der Waals surface area (Å²) in [5.41, 5.74) is 1.16. The summed E-state index contributed by atoms with van der Waals surface area (Å²) in [7, 11) is 0. The number of halogens is 4. The second kappa shape index (κ2) is 8.21. The van der Waals surface area contributed by atoms with Gasteiger partial charge in [0, 0.05) is 35.2 Å². The number of pyridine rings is 1. The van der Waals surface area contributed by atoms with Crippen LogP contribution in [-0.4, -0.2) is 55.8 Å². The molecule has 4 N–H and O–H groups in total. The predicted octanol–water partition coefficient (Wildman–Crippen LogP) is 3.50. The van der Waals surface area contributed by atoms with E-state index >= 15 is 0 Å². The number of anilines is 1. The summed E-state index contributed by atoms with van der Waals surface area (Å²) in [6, 6.07) is 1.76. The Hall–Kier alpha value is -2.92. The van der Waals surface area contributed by atoms with Crippen LogP contribution in [0.2, 0.25) is 5.02 Å². The fraction of sp³-hybridized carbons (Fsp3) is 0.294. The fourth-order valence-electron chi connectivity index (χ4n) is 2.59. The molecule has 0 aliphatic carbocycles. The van der Waals surface area contributed by atoms with E-state index in [-0.39, 0.29) is 17.3 Å². The van der Waals surface area contributed by atoms with E-state index in [1.165, 1.54) is 25.4 Å². The molecule has 162 valence electrons.